The highest BCUT2D eigenvalue weighted by atomic mass is 35.5. The lowest BCUT2D eigenvalue weighted by atomic mass is 10.2. The number of aliphatic imine (C=N–C) groups is 1. The van der Waals surface area contributed by atoms with Gasteiger partial charge < -0.3 is 4.74 Å². The molecule has 1 aromatic carbocycles. The van der Waals surface area contributed by atoms with E-state index >= 15 is 0 Å². The molecule has 2 aliphatic heterocycles. The van der Waals surface area contributed by atoms with Crippen LogP contribution in [0.4, 0.5) is 0 Å². The predicted octanol–water partition coefficient (Wildman–Crippen LogP) is 1.78. The molecule has 2 saturated heterocycles. The maximum atomic E-state index is 12.4. The molecule has 0 bridgehead atoms. The van der Waals surface area contributed by atoms with Crippen molar-refractivity contribution < 1.29 is 14.3 Å². The first-order valence-corrected chi connectivity index (χ1v) is 7.80. The fourth-order valence-electron chi connectivity index (χ4n) is 2.65. The smallest absolute Gasteiger partial charge is 0.276 e. The van der Waals surface area contributed by atoms with E-state index in [1.807, 2.05) is 30.3 Å². The zero-order chi connectivity index (χ0) is 15.5. The fourth-order valence-corrected chi connectivity index (χ4v) is 2.93. The standard InChI is InChI=1S/C16H17ClN2O3/c17-13-14(18-9-12-7-4-8-22-12)16(21)19(15(13)20)10-11-5-2-1-3-6-11/h1-3,5-6,12-13H,4,7-10H2/t12-,13?/m1/s1. The quantitative estimate of drug-likeness (QED) is 0.627. The summed E-state index contributed by atoms with van der Waals surface area (Å²) in [6, 6.07) is 9.35. The molecule has 0 aromatic heterocycles. The molecule has 2 fully saturated rings. The molecule has 0 saturated carbocycles. The molecule has 0 aliphatic carbocycles. The number of hydrogen-bond acceptors (Lipinski definition) is 4. The molecule has 2 amide bonds. The van der Waals surface area contributed by atoms with Crippen molar-refractivity contribution in [1.82, 2.24) is 4.90 Å². The molecular weight excluding hydrogens is 304 g/mol. The normalized spacial score (nSPS) is 27.1. The van der Waals surface area contributed by atoms with Gasteiger partial charge in [-0.1, -0.05) is 30.3 Å². The Morgan fingerprint density at radius 3 is 2.73 bits per heavy atom. The van der Waals surface area contributed by atoms with E-state index in [0.717, 1.165) is 25.0 Å². The third kappa shape index (κ3) is 3.05. The molecule has 2 heterocycles. The molecule has 1 unspecified atom stereocenters. The van der Waals surface area contributed by atoms with E-state index in [1.165, 1.54) is 4.90 Å². The van der Waals surface area contributed by atoms with Crippen LogP contribution in [-0.4, -0.2) is 47.1 Å². The van der Waals surface area contributed by atoms with E-state index in [0.29, 0.717) is 6.54 Å². The zero-order valence-electron chi connectivity index (χ0n) is 12.1. The fraction of sp³-hybridized carbons (Fsp3) is 0.438. The van der Waals surface area contributed by atoms with Gasteiger partial charge in [0.2, 0.25) is 0 Å². The van der Waals surface area contributed by atoms with E-state index < -0.39 is 17.2 Å². The Kier molecular flexibility index (Phi) is 4.55. The molecule has 5 nitrogen and oxygen atoms in total. The molecule has 3 rings (SSSR count). The van der Waals surface area contributed by atoms with Gasteiger partial charge in [-0.25, -0.2) is 0 Å². The summed E-state index contributed by atoms with van der Waals surface area (Å²) in [7, 11) is 0. The summed E-state index contributed by atoms with van der Waals surface area (Å²) < 4.78 is 5.47. The van der Waals surface area contributed by atoms with E-state index in [1.54, 1.807) is 0 Å². The van der Waals surface area contributed by atoms with Gasteiger partial charge in [-0.15, -0.1) is 11.6 Å². The van der Waals surface area contributed by atoms with Gasteiger partial charge in [-0.3, -0.25) is 19.5 Å². The summed E-state index contributed by atoms with van der Waals surface area (Å²) in [4.78, 5) is 30.0. The van der Waals surface area contributed by atoms with Crippen LogP contribution in [0.5, 0.6) is 0 Å². The highest BCUT2D eigenvalue weighted by Crippen LogP contribution is 2.20. The Balaban J connectivity index is 1.72. The second kappa shape index (κ2) is 6.58. The molecule has 0 spiro atoms. The van der Waals surface area contributed by atoms with Crippen LogP contribution < -0.4 is 0 Å². The van der Waals surface area contributed by atoms with Crippen LogP contribution in [0.25, 0.3) is 0 Å². The minimum atomic E-state index is -0.988. The first kappa shape index (κ1) is 15.2. The number of carbonyl (C=O) groups excluding carboxylic acids is 2. The summed E-state index contributed by atoms with van der Waals surface area (Å²) in [5.74, 6) is -0.798. The first-order valence-electron chi connectivity index (χ1n) is 7.36. The Morgan fingerprint density at radius 1 is 1.27 bits per heavy atom. The number of halogens is 1. The van der Waals surface area contributed by atoms with E-state index in [2.05, 4.69) is 4.99 Å². The maximum Gasteiger partial charge on any atom is 0.276 e. The topological polar surface area (TPSA) is 59.0 Å². The van der Waals surface area contributed by atoms with Gasteiger partial charge in [-0.2, -0.15) is 0 Å². The summed E-state index contributed by atoms with van der Waals surface area (Å²) in [5.41, 5.74) is 1.02. The van der Waals surface area contributed by atoms with Gasteiger partial charge in [0.05, 0.1) is 19.2 Å². The van der Waals surface area contributed by atoms with Crippen LogP contribution in [0.3, 0.4) is 0 Å². The molecule has 6 heteroatoms. The number of imide groups is 1. The molecule has 116 valence electrons. The Hall–Kier alpha value is -1.72. The van der Waals surface area contributed by atoms with Crippen molar-refractivity contribution >= 4 is 29.1 Å². The number of alkyl halides is 1. The molecule has 22 heavy (non-hydrogen) atoms. The molecule has 1 aromatic rings. The highest BCUT2D eigenvalue weighted by Gasteiger charge is 2.43. The zero-order valence-corrected chi connectivity index (χ0v) is 12.8. The largest absolute Gasteiger partial charge is 0.376 e. The van der Waals surface area contributed by atoms with Crippen molar-refractivity contribution in [3.05, 3.63) is 35.9 Å². The minimum absolute atomic E-state index is 0.0300. The van der Waals surface area contributed by atoms with E-state index in [4.69, 9.17) is 16.3 Å². The average Bonchev–Trinajstić information content (AvgIpc) is 3.11. The average molecular weight is 321 g/mol. The molecular formula is C16H17ClN2O3. The van der Waals surface area contributed by atoms with Crippen molar-refractivity contribution in [2.75, 3.05) is 13.2 Å². The van der Waals surface area contributed by atoms with Crippen LogP contribution in [0, 0.1) is 0 Å². The molecule has 2 aliphatic rings. The van der Waals surface area contributed by atoms with Crippen molar-refractivity contribution in [3.8, 4) is 0 Å². The highest BCUT2D eigenvalue weighted by molar-refractivity contribution is 6.63. The maximum absolute atomic E-state index is 12.4. The van der Waals surface area contributed by atoms with Crippen molar-refractivity contribution in [2.45, 2.75) is 30.9 Å². The third-order valence-electron chi connectivity index (χ3n) is 3.86. The van der Waals surface area contributed by atoms with Crippen LogP contribution in [-0.2, 0) is 20.9 Å². The Labute approximate surface area is 133 Å². The second-order valence-corrected chi connectivity index (χ2v) is 5.88. The number of rotatable bonds is 4. The van der Waals surface area contributed by atoms with Crippen LogP contribution >= 0.6 is 11.6 Å². The number of nitrogens with zero attached hydrogens (tertiary/aromatic N) is 2. The molecule has 0 radical (unpaired) electrons. The minimum Gasteiger partial charge on any atom is -0.376 e. The van der Waals surface area contributed by atoms with E-state index in [9.17, 15) is 9.59 Å². The number of carbonyl (C=O) groups is 2. The first-order chi connectivity index (χ1) is 10.7. The summed E-state index contributed by atoms with van der Waals surface area (Å²) >= 11 is 6.09. The monoisotopic (exact) mass is 320 g/mol. The van der Waals surface area contributed by atoms with Gasteiger partial charge in [0, 0.05) is 6.61 Å². The van der Waals surface area contributed by atoms with Gasteiger partial charge in [0.15, 0.2) is 5.38 Å². The van der Waals surface area contributed by atoms with E-state index in [-0.39, 0.29) is 18.4 Å². The third-order valence-corrected chi connectivity index (χ3v) is 4.25. The van der Waals surface area contributed by atoms with Crippen molar-refractivity contribution in [3.63, 3.8) is 0 Å². The van der Waals surface area contributed by atoms with Crippen LogP contribution in [0.2, 0.25) is 0 Å². The number of hydrogen-bond donors (Lipinski definition) is 0. The van der Waals surface area contributed by atoms with Crippen LogP contribution in [0.1, 0.15) is 18.4 Å². The van der Waals surface area contributed by atoms with Crippen molar-refractivity contribution in [2.24, 2.45) is 4.99 Å². The molecule has 0 N–H and O–H groups in total. The number of amides is 2. The SMILES string of the molecule is O=C1C(=NC[C@H]2CCCO2)C(Cl)C(=O)N1Cc1ccccc1. The van der Waals surface area contributed by atoms with Gasteiger partial charge >= 0.3 is 0 Å². The number of benzene rings is 1. The number of likely N-dealkylation sites (tertiary alicyclic amines) is 1. The van der Waals surface area contributed by atoms with Gasteiger partial charge in [-0.05, 0) is 18.4 Å². The predicted molar refractivity (Wildman–Crippen MR) is 82.9 cm³/mol. The van der Waals surface area contributed by atoms with Crippen LogP contribution in [0.15, 0.2) is 35.3 Å². The summed E-state index contributed by atoms with van der Waals surface area (Å²) in [5, 5.41) is -0.988. The Morgan fingerprint density at radius 2 is 2.05 bits per heavy atom. The summed E-state index contributed by atoms with van der Waals surface area (Å²) in [6.07, 6.45) is 1.97. The lowest BCUT2D eigenvalue weighted by molar-refractivity contribution is -0.137. The van der Waals surface area contributed by atoms with Gasteiger partial charge in [0.1, 0.15) is 5.71 Å². The number of ether oxygens (including phenoxy) is 1. The van der Waals surface area contributed by atoms with Crippen molar-refractivity contribution in [1.29, 1.82) is 0 Å². The second-order valence-electron chi connectivity index (χ2n) is 5.44. The molecule has 2 atom stereocenters. The lowest BCUT2D eigenvalue weighted by Crippen LogP contribution is -2.30. The lowest BCUT2D eigenvalue weighted by Gasteiger charge is -2.13. The summed E-state index contributed by atoms with van der Waals surface area (Å²) in [6.45, 7) is 1.34. The Bertz CT molecular complexity index is 597. The van der Waals surface area contributed by atoms with Gasteiger partial charge in [0.25, 0.3) is 11.8 Å².